The highest BCUT2D eigenvalue weighted by atomic mass is 79.9. The summed E-state index contributed by atoms with van der Waals surface area (Å²) in [5.74, 6) is 0. The Balaban J connectivity index is 2.02. The van der Waals surface area contributed by atoms with Crippen molar-refractivity contribution in [1.82, 2.24) is 9.78 Å². The van der Waals surface area contributed by atoms with Crippen LogP contribution in [0.4, 0.5) is 5.69 Å². The molecule has 5 heteroatoms. The molecule has 16 heavy (non-hydrogen) atoms. The summed E-state index contributed by atoms with van der Waals surface area (Å²) in [5, 5.41) is 8.12. The van der Waals surface area contributed by atoms with Gasteiger partial charge in [-0.3, -0.25) is 4.68 Å². The lowest BCUT2D eigenvalue weighted by atomic mass is 10.3. The smallest absolute Gasteiger partial charge is 0.0549 e. The van der Waals surface area contributed by atoms with E-state index < -0.39 is 0 Å². The summed E-state index contributed by atoms with van der Waals surface area (Å²) in [7, 11) is 1.91. The van der Waals surface area contributed by atoms with Crippen molar-refractivity contribution >= 4 is 33.2 Å². The van der Waals surface area contributed by atoms with Crippen LogP contribution in [0.1, 0.15) is 5.56 Å². The summed E-state index contributed by atoms with van der Waals surface area (Å²) >= 11 is 9.30. The fourth-order valence-corrected chi connectivity index (χ4v) is 1.87. The average Bonchev–Trinajstić information content (AvgIpc) is 2.66. The van der Waals surface area contributed by atoms with Gasteiger partial charge in [-0.25, -0.2) is 0 Å². The molecule has 1 heterocycles. The van der Waals surface area contributed by atoms with Gasteiger partial charge in [-0.2, -0.15) is 5.10 Å². The van der Waals surface area contributed by atoms with E-state index in [1.807, 2.05) is 37.6 Å². The van der Waals surface area contributed by atoms with Gasteiger partial charge in [0.25, 0.3) is 0 Å². The van der Waals surface area contributed by atoms with Crippen LogP contribution in [0, 0.1) is 0 Å². The van der Waals surface area contributed by atoms with E-state index in [2.05, 4.69) is 26.3 Å². The van der Waals surface area contributed by atoms with Gasteiger partial charge in [0.05, 0.1) is 11.2 Å². The normalized spacial score (nSPS) is 10.4. The van der Waals surface area contributed by atoms with E-state index in [0.717, 1.165) is 22.3 Å². The highest BCUT2D eigenvalue weighted by Crippen LogP contribution is 2.25. The predicted molar refractivity (Wildman–Crippen MR) is 69.7 cm³/mol. The third kappa shape index (κ3) is 2.77. The quantitative estimate of drug-likeness (QED) is 0.941. The van der Waals surface area contributed by atoms with Crippen LogP contribution in [-0.2, 0) is 13.6 Å². The molecule has 0 aliphatic carbocycles. The Hall–Kier alpha value is -1.00. The van der Waals surface area contributed by atoms with Crippen molar-refractivity contribution in [2.24, 2.45) is 7.05 Å². The maximum atomic E-state index is 5.91. The summed E-state index contributed by atoms with van der Waals surface area (Å²) < 4.78 is 2.68. The average molecular weight is 301 g/mol. The largest absolute Gasteiger partial charge is 0.381 e. The van der Waals surface area contributed by atoms with Crippen molar-refractivity contribution in [3.63, 3.8) is 0 Å². The molecule has 2 aromatic rings. The third-order valence-electron chi connectivity index (χ3n) is 2.17. The summed E-state index contributed by atoms with van der Waals surface area (Å²) in [6, 6.07) is 5.76. The summed E-state index contributed by atoms with van der Waals surface area (Å²) in [6.07, 6.45) is 3.83. The van der Waals surface area contributed by atoms with E-state index in [-0.39, 0.29) is 0 Å². The van der Waals surface area contributed by atoms with Crippen LogP contribution < -0.4 is 5.32 Å². The van der Waals surface area contributed by atoms with Crippen LogP contribution >= 0.6 is 27.5 Å². The minimum absolute atomic E-state index is 0.715. The first-order chi connectivity index (χ1) is 7.65. The number of aryl methyl sites for hydroxylation is 1. The SMILES string of the molecule is Cn1cc(CNc2ccc(Cl)c(Br)c2)cn1. The van der Waals surface area contributed by atoms with Crippen molar-refractivity contribution in [3.8, 4) is 0 Å². The zero-order chi connectivity index (χ0) is 11.5. The molecule has 1 aromatic carbocycles. The topological polar surface area (TPSA) is 29.9 Å². The lowest BCUT2D eigenvalue weighted by Crippen LogP contribution is -1.98. The van der Waals surface area contributed by atoms with Crippen molar-refractivity contribution < 1.29 is 0 Å². The van der Waals surface area contributed by atoms with Gasteiger partial charge in [0.2, 0.25) is 0 Å². The molecule has 0 aliphatic heterocycles. The zero-order valence-corrected chi connectivity index (χ0v) is 11.1. The van der Waals surface area contributed by atoms with E-state index in [1.165, 1.54) is 0 Å². The molecule has 1 aromatic heterocycles. The van der Waals surface area contributed by atoms with Crippen LogP contribution in [0.25, 0.3) is 0 Å². The Morgan fingerprint density at radius 3 is 2.94 bits per heavy atom. The van der Waals surface area contributed by atoms with Gasteiger partial charge in [0, 0.05) is 35.5 Å². The van der Waals surface area contributed by atoms with E-state index in [4.69, 9.17) is 11.6 Å². The molecule has 0 atom stereocenters. The Bertz CT molecular complexity index is 496. The molecule has 0 amide bonds. The number of nitrogens with one attached hydrogen (secondary N) is 1. The van der Waals surface area contributed by atoms with Gasteiger partial charge >= 0.3 is 0 Å². The first kappa shape index (κ1) is 11.5. The van der Waals surface area contributed by atoms with Gasteiger partial charge < -0.3 is 5.32 Å². The standard InChI is InChI=1S/C11H11BrClN3/c1-16-7-8(6-15-16)5-14-9-2-3-11(13)10(12)4-9/h2-4,6-7,14H,5H2,1H3. The van der Waals surface area contributed by atoms with Crippen LogP contribution in [-0.4, -0.2) is 9.78 Å². The molecule has 0 bridgehead atoms. The van der Waals surface area contributed by atoms with Crippen molar-refractivity contribution in [2.45, 2.75) is 6.54 Å². The van der Waals surface area contributed by atoms with Crippen LogP contribution in [0.15, 0.2) is 35.1 Å². The Morgan fingerprint density at radius 1 is 1.50 bits per heavy atom. The summed E-state index contributed by atoms with van der Waals surface area (Å²) in [6.45, 7) is 0.752. The van der Waals surface area contributed by atoms with E-state index in [0.29, 0.717) is 5.02 Å². The number of anilines is 1. The van der Waals surface area contributed by atoms with Crippen molar-refractivity contribution in [3.05, 3.63) is 45.7 Å². The second-order valence-corrected chi connectivity index (χ2v) is 4.77. The minimum atomic E-state index is 0.715. The van der Waals surface area contributed by atoms with Crippen molar-refractivity contribution in [2.75, 3.05) is 5.32 Å². The molecule has 0 aliphatic rings. The van der Waals surface area contributed by atoms with Gasteiger partial charge in [0.1, 0.15) is 0 Å². The summed E-state index contributed by atoms with van der Waals surface area (Å²) in [4.78, 5) is 0. The Kier molecular flexibility index (Phi) is 3.51. The molecule has 0 fully saturated rings. The van der Waals surface area contributed by atoms with Gasteiger partial charge in [-0.15, -0.1) is 0 Å². The highest BCUT2D eigenvalue weighted by Gasteiger charge is 2.00. The second-order valence-electron chi connectivity index (χ2n) is 3.50. The molecule has 0 unspecified atom stereocenters. The number of rotatable bonds is 3. The molecule has 1 N–H and O–H groups in total. The molecular weight excluding hydrogens is 289 g/mol. The van der Waals surface area contributed by atoms with Gasteiger partial charge in [0.15, 0.2) is 0 Å². The lowest BCUT2D eigenvalue weighted by Gasteiger charge is -2.05. The number of benzene rings is 1. The first-order valence-electron chi connectivity index (χ1n) is 4.81. The molecule has 0 radical (unpaired) electrons. The minimum Gasteiger partial charge on any atom is -0.381 e. The second kappa shape index (κ2) is 4.89. The molecule has 0 spiro atoms. The van der Waals surface area contributed by atoms with E-state index >= 15 is 0 Å². The number of nitrogens with zero attached hydrogens (tertiary/aromatic N) is 2. The van der Waals surface area contributed by atoms with Gasteiger partial charge in [-0.1, -0.05) is 11.6 Å². The highest BCUT2D eigenvalue weighted by molar-refractivity contribution is 9.10. The molecule has 3 nitrogen and oxygen atoms in total. The molecule has 84 valence electrons. The third-order valence-corrected chi connectivity index (χ3v) is 3.39. The molecular formula is C11H11BrClN3. The monoisotopic (exact) mass is 299 g/mol. The number of aromatic nitrogens is 2. The fourth-order valence-electron chi connectivity index (χ4n) is 1.37. The molecule has 0 saturated carbocycles. The fraction of sp³-hybridized carbons (Fsp3) is 0.182. The Morgan fingerprint density at radius 2 is 2.31 bits per heavy atom. The number of halogens is 2. The maximum absolute atomic E-state index is 5.91. The number of hydrogen-bond acceptors (Lipinski definition) is 2. The summed E-state index contributed by atoms with van der Waals surface area (Å²) in [5.41, 5.74) is 2.17. The maximum Gasteiger partial charge on any atom is 0.0549 e. The predicted octanol–water partition coefficient (Wildman–Crippen LogP) is 3.45. The van der Waals surface area contributed by atoms with Crippen LogP contribution in [0.5, 0.6) is 0 Å². The van der Waals surface area contributed by atoms with Crippen LogP contribution in [0.3, 0.4) is 0 Å². The van der Waals surface area contributed by atoms with E-state index in [1.54, 1.807) is 4.68 Å². The van der Waals surface area contributed by atoms with E-state index in [9.17, 15) is 0 Å². The molecule has 2 rings (SSSR count). The Labute approximate surface area is 108 Å². The van der Waals surface area contributed by atoms with Gasteiger partial charge in [-0.05, 0) is 34.1 Å². The molecule has 0 saturated heterocycles. The zero-order valence-electron chi connectivity index (χ0n) is 8.74. The number of hydrogen-bond donors (Lipinski definition) is 1. The lowest BCUT2D eigenvalue weighted by molar-refractivity contribution is 0.767. The van der Waals surface area contributed by atoms with Crippen molar-refractivity contribution in [1.29, 1.82) is 0 Å². The first-order valence-corrected chi connectivity index (χ1v) is 5.99. The van der Waals surface area contributed by atoms with Crippen LogP contribution in [0.2, 0.25) is 5.02 Å².